The number of methoxy groups -OCH3 is 1. The molecule has 0 atom stereocenters. The van der Waals surface area contributed by atoms with E-state index in [4.69, 9.17) is 17.0 Å². The minimum Gasteiger partial charge on any atom is -0.385 e. The zero-order valence-corrected chi connectivity index (χ0v) is 16.1. The smallest absolute Gasteiger partial charge is 0.166 e. The Bertz CT molecular complexity index is 787. The van der Waals surface area contributed by atoms with Gasteiger partial charge in [-0.3, -0.25) is 0 Å². The molecule has 1 aromatic carbocycles. The minimum absolute atomic E-state index is 0.561. The molecule has 1 aromatic heterocycles. The van der Waals surface area contributed by atoms with Gasteiger partial charge in [0, 0.05) is 38.7 Å². The van der Waals surface area contributed by atoms with E-state index in [2.05, 4.69) is 27.0 Å². The largest absolute Gasteiger partial charge is 0.385 e. The molecule has 0 unspecified atom stereocenters. The number of ether oxygens (including phenoxy) is 1. The second-order valence-electron chi connectivity index (χ2n) is 6.00. The predicted molar refractivity (Wildman–Crippen MR) is 109 cm³/mol. The molecule has 138 valence electrons. The van der Waals surface area contributed by atoms with E-state index >= 15 is 0 Å². The molecule has 0 bridgehead atoms. The molecule has 0 aliphatic rings. The zero-order chi connectivity index (χ0) is 18.8. The number of rotatable bonds is 9. The van der Waals surface area contributed by atoms with Gasteiger partial charge in [0.1, 0.15) is 11.9 Å². The summed E-state index contributed by atoms with van der Waals surface area (Å²) in [6.45, 7) is 5.00. The Balaban J connectivity index is 1.78. The highest BCUT2D eigenvalue weighted by atomic mass is 32.1. The summed E-state index contributed by atoms with van der Waals surface area (Å²) in [6.07, 6.45) is 1.78. The van der Waals surface area contributed by atoms with E-state index in [1.165, 1.54) is 0 Å². The first kappa shape index (κ1) is 19.9. The standard InChI is InChI=1S/C19H25N5OS/c1-14-5-6-17-15(11-14)12-16(13-20)18(24-17)21-7-3-8-22-19(26)23-9-4-10-25-2/h5-6,11-12H,3-4,7-10H2,1-2H3,(H,21,24)(H2,22,23,26). The van der Waals surface area contributed by atoms with Gasteiger partial charge < -0.3 is 20.7 Å². The fraction of sp³-hybridized carbons (Fsp3) is 0.421. The number of nitrogens with one attached hydrogen (secondary N) is 3. The number of benzene rings is 1. The van der Waals surface area contributed by atoms with Crippen molar-refractivity contribution in [2.75, 3.05) is 38.7 Å². The van der Waals surface area contributed by atoms with Gasteiger partial charge in [0.15, 0.2) is 5.11 Å². The van der Waals surface area contributed by atoms with E-state index in [-0.39, 0.29) is 0 Å². The van der Waals surface area contributed by atoms with E-state index in [0.29, 0.717) is 23.0 Å². The van der Waals surface area contributed by atoms with Gasteiger partial charge in [0.05, 0.1) is 11.1 Å². The SMILES string of the molecule is COCCCNC(=S)NCCCNc1nc2ccc(C)cc2cc1C#N. The maximum atomic E-state index is 9.37. The first-order valence-corrected chi connectivity index (χ1v) is 9.11. The summed E-state index contributed by atoms with van der Waals surface area (Å²) in [5.41, 5.74) is 2.60. The van der Waals surface area contributed by atoms with Crippen molar-refractivity contribution >= 4 is 34.1 Å². The molecule has 26 heavy (non-hydrogen) atoms. The summed E-state index contributed by atoms with van der Waals surface area (Å²) >= 11 is 5.21. The predicted octanol–water partition coefficient (Wildman–Crippen LogP) is 2.72. The van der Waals surface area contributed by atoms with E-state index < -0.39 is 0 Å². The van der Waals surface area contributed by atoms with Gasteiger partial charge in [-0.2, -0.15) is 5.26 Å². The number of hydrogen-bond acceptors (Lipinski definition) is 5. The number of aryl methyl sites for hydroxylation is 1. The Kier molecular flexibility index (Phi) is 8.06. The molecule has 0 radical (unpaired) electrons. The van der Waals surface area contributed by atoms with Gasteiger partial charge in [0.25, 0.3) is 0 Å². The molecular formula is C19H25N5OS. The van der Waals surface area contributed by atoms with E-state index in [1.807, 2.05) is 31.2 Å². The van der Waals surface area contributed by atoms with Gasteiger partial charge in [-0.25, -0.2) is 4.98 Å². The number of nitrogens with zero attached hydrogens (tertiary/aromatic N) is 2. The van der Waals surface area contributed by atoms with E-state index in [9.17, 15) is 5.26 Å². The molecule has 7 heteroatoms. The topological polar surface area (TPSA) is 82.0 Å². The summed E-state index contributed by atoms with van der Waals surface area (Å²) in [6, 6.07) is 10.1. The molecule has 3 N–H and O–H groups in total. The van der Waals surface area contributed by atoms with Crippen molar-refractivity contribution in [2.45, 2.75) is 19.8 Å². The van der Waals surface area contributed by atoms with Crippen LogP contribution >= 0.6 is 12.2 Å². The summed E-state index contributed by atoms with van der Waals surface area (Å²) in [7, 11) is 1.69. The number of hydrogen-bond donors (Lipinski definition) is 3. The second-order valence-corrected chi connectivity index (χ2v) is 6.41. The van der Waals surface area contributed by atoms with Gasteiger partial charge in [0.2, 0.25) is 0 Å². The first-order valence-electron chi connectivity index (χ1n) is 8.70. The third-order valence-corrected chi connectivity index (χ3v) is 4.12. The van der Waals surface area contributed by atoms with Gasteiger partial charge in [-0.15, -0.1) is 0 Å². The Labute approximate surface area is 159 Å². The van der Waals surface area contributed by atoms with Gasteiger partial charge >= 0.3 is 0 Å². The summed E-state index contributed by atoms with van der Waals surface area (Å²) < 4.78 is 4.99. The molecule has 0 spiro atoms. The van der Waals surface area contributed by atoms with Crippen molar-refractivity contribution in [3.05, 3.63) is 35.4 Å². The number of pyridine rings is 1. The molecule has 0 aliphatic heterocycles. The van der Waals surface area contributed by atoms with Gasteiger partial charge in [-0.1, -0.05) is 11.6 Å². The van der Waals surface area contributed by atoms with Crippen LogP contribution in [0.1, 0.15) is 24.0 Å². The minimum atomic E-state index is 0.561. The number of thiocarbonyl (C=S) groups is 1. The molecule has 2 rings (SSSR count). The molecule has 0 amide bonds. The molecule has 0 saturated heterocycles. The fourth-order valence-electron chi connectivity index (χ4n) is 2.49. The monoisotopic (exact) mass is 371 g/mol. The van der Waals surface area contributed by atoms with Crippen LogP contribution in [-0.2, 0) is 4.74 Å². The van der Waals surface area contributed by atoms with Crippen LogP contribution in [0.4, 0.5) is 5.82 Å². The molecule has 2 aromatic rings. The quantitative estimate of drug-likeness (QED) is 0.462. The van der Waals surface area contributed by atoms with Crippen LogP contribution in [0.3, 0.4) is 0 Å². The van der Waals surface area contributed by atoms with Crippen LogP contribution in [0, 0.1) is 18.3 Å². The molecule has 0 fully saturated rings. The van der Waals surface area contributed by atoms with Crippen LogP contribution in [0.25, 0.3) is 10.9 Å². The number of fused-ring (bicyclic) bond motifs is 1. The van der Waals surface area contributed by atoms with E-state index in [0.717, 1.165) is 49.0 Å². The number of aromatic nitrogens is 1. The molecule has 0 aliphatic carbocycles. The van der Waals surface area contributed by atoms with Crippen molar-refractivity contribution in [3.63, 3.8) is 0 Å². The third-order valence-electron chi connectivity index (χ3n) is 3.83. The fourth-order valence-corrected chi connectivity index (χ4v) is 2.70. The van der Waals surface area contributed by atoms with Crippen LogP contribution < -0.4 is 16.0 Å². The normalized spacial score (nSPS) is 10.3. The van der Waals surface area contributed by atoms with Crippen molar-refractivity contribution in [3.8, 4) is 6.07 Å². The van der Waals surface area contributed by atoms with Crippen LogP contribution in [-0.4, -0.2) is 43.4 Å². The van der Waals surface area contributed by atoms with Crippen molar-refractivity contribution in [1.82, 2.24) is 15.6 Å². The lowest BCUT2D eigenvalue weighted by Crippen LogP contribution is -2.37. The Hall–Kier alpha value is -2.43. The van der Waals surface area contributed by atoms with E-state index in [1.54, 1.807) is 7.11 Å². The average molecular weight is 372 g/mol. The highest BCUT2D eigenvalue weighted by molar-refractivity contribution is 7.80. The summed E-state index contributed by atoms with van der Waals surface area (Å²) in [5.74, 6) is 0.629. The Morgan fingerprint density at radius 2 is 1.96 bits per heavy atom. The van der Waals surface area contributed by atoms with Crippen molar-refractivity contribution < 1.29 is 4.74 Å². The highest BCUT2D eigenvalue weighted by Gasteiger charge is 2.06. The van der Waals surface area contributed by atoms with Crippen LogP contribution in [0.5, 0.6) is 0 Å². The second kappa shape index (κ2) is 10.5. The number of nitriles is 1. The van der Waals surface area contributed by atoms with Gasteiger partial charge in [-0.05, 0) is 50.2 Å². The maximum Gasteiger partial charge on any atom is 0.166 e. The maximum absolute atomic E-state index is 9.37. The molecular weight excluding hydrogens is 346 g/mol. The average Bonchev–Trinajstić information content (AvgIpc) is 2.64. The molecule has 6 nitrogen and oxygen atoms in total. The highest BCUT2D eigenvalue weighted by Crippen LogP contribution is 2.21. The lowest BCUT2D eigenvalue weighted by molar-refractivity contribution is 0.195. The molecule has 0 saturated carbocycles. The molecule has 1 heterocycles. The lowest BCUT2D eigenvalue weighted by atomic mass is 10.1. The first-order chi connectivity index (χ1) is 12.6. The number of anilines is 1. The zero-order valence-electron chi connectivity index (χ0n) is 15.3. The Morgan fingerprint density at radius 1 is 1.19 bits per heavy atom. The lowest BCUT2D eigenvalue weighted by Gasteiger charge is -2.12. The third kappa shape index (κ3) is 6.14. The van der Waals surface area contributed by atoms with Crippen LogP contribution in [0.15, 0.2) is 24.3 Å². The van der Waals surface area contributed by atoms with Crippen LogP contribution in [0.2, 0.25) is 0 Å². The Morgan fingerprint density at radius 3 is 2.69 bits per heavy atom. The summed E-state index contributed by atoms with van der Waals surface area (Å²) in [4.78, 5) is 4.57. The summed E-state index contributed by atoms with van der Waals surface area (Å²) in [5, 5.41) is 20.6. The van der Waals surface area contributed by atoms with Crippen molar-refractivity contribution in [1.29, 1.82) is 5.26 Å². The van der Waals surface area contributed by atoms with Crippen molar-refractivity contribution in [2.24, 2.45) is 0 Å².